The number of hydrogen-bond acceptors (Lipinski definition) is 3. The van der Waals surface area contributed by atoms with Gasteiger partial charge in [0.1, 0.15) is 5.69 Å². The van der Waals surface area contributed by atoms with Gasteiger partial charge in [-0.2, -0.15) is 8.78 Å². The lowest BCUT2D eigenvalue weighted by Gasteiger charge is -2.19. The smallest absolute Gasteiger partial charge is 0.306 e. The van der Waals surface area contributed by atoms with Crippen molar-refractivity contribution in [2.45, 2.75) is 12.0 Å². The average molecular weight is 177 g/mol. The van der Waals surface area contributed by atoms with Gasteiger partial charge >= 0.3 is 5.92 Å². The highest BCUT2D eigenvalue weighted by atomic mass is 19.3. The van der Waals surface area contributed by atoms with Crippen molar-refractivity contribution >= 4 is 0 Å². The van der Waals surface area contributed by atoms with Crippen molar-refractivity contribution in [3.05, 3.63) is 18.2 Å². The first-order valence-corrected chi connectivity index (χ1v) is 3.32. The van der Waals surface area contributed by atoms with E-state index >= 15 is 0 Å². The first-order chi connectivity index (χ1) is 5.59. The Morgan fingerprint density at radius 3 is 2.83 bits per heavy atom. The van der Waals surface area contributed by atoms with Crippen molar-refractivity contribution < 1.29 is 13.9 Å². The summed E-state index contributed by atoms with van der Waals surface area (Å²) >= 11 is 0. The van der Waals surface area contributed by atoms with E-state index in [1.54, 1.807) is 0 Å². The van der Waals surface area contributed by atoms with Crippen molar-refractivity contribution in [3.63, 3.8) is 0 Å². The Kier molecular flexibility index (Phi) is 2.39. The van der Waals surface area contributed by atoms with Gasteiger partial charge in [0.05, 0.1) is 25.2 Å². The number of hydrogen-bond donors (Lipinski definition) is 3. The van der Waals surface area contributed by atoms with Crippen LogP contribution in [0.15, 0.2) is 12.5 Å². The molecule has 0 fully saturated rings. The Bertz CT molecular complexity index is 237. The first-order valence-electron chi connectivity index (χ1n) is 3.32. The van der Waals surface area contributed by atoms with Gasteiger partial charge < -0.3 is 15.8 Å². The van der Waals surface area contributed by atoms with Crippen molar-refractivity contribution in [3.8, 4) is 0 Å². The van der Waals surface area contributed by atoms with Crippen LogP contribution >= 0.6 is 0 Å². The van der Waals surface area contributed by atoms with Gasteiger partial charge in [0.15, 0.2) is 0 Å². The van der Waals surface area contributed by atoms with Crippen LogP contribution in [0, 0.1) is 0 Å². The summed E-state index contributed by atoms with van der Waals surface area (Å²) in [7, 11) is 0. The summed E-state index contributed by atoms with van der Waals surface area (Å²) in [6.45, 7) is -0.772. The minimum Gasteiger partial charge on any atom is -0.395 e. The lowest BCUT2D eigenvalue weighted by Crippen LogP contribution is -2.41. The monoisotopic (exact) mass is 177 g/mol. The molecule has 0 aliphatic rings. The summed E-state index contributed by atoms with van der Waals surface area (Å²) in [5.74, 6) is -3.26. The number of aromatic nitrogens is 2. The van der Waals surface area contributed by atoms with Crippen LogP contribution in [0.25, 0.3) is 0 Å². The zero-order valence-corrected chi connectivity index (χ0v) is 6.17. The standard InChI is InChI=1S/C6H9F2N3O/c7-6(8,4(9)2-12)5-1-10-3-11-5/h1,3-4,12H,2,9H2,(H,10,11). The van der Waals surface area contributed by atoms with Gasteiger partial charge in [0, 0.05) is 0 Å². The maximum atomic E-state index is 13.0. The van der Waals surface area contributed by atoms with Gasteiger partial charge in [0.2, 0.25) is 0 Å². The molecule has 1 unspecified atom stereocenters. The van der Waals surface area contributed by atoms with Gasteiger partial charge in [-0.1, -0.05) is 0 Å². The number of halogens is 2. The molecule has 12 heavy (non-hydrogen) atoms. The molecule has 68 valence electrons. The van der Waals surface area contributed by atoms with Crippen LogP contribution in [0.3, 0.4) is 0 Å². The minimum atomic E-state index is -3.26. The van der Waals surface area contributed by atoms with E-state index in [-0.39, 0.29) is 5.69 Å². The summed E-state index contributed by atoms with van der Waals surface area (Å²) in [6, 6.07) is -1.60. The second kappa shape index (κ2) is 3.16. The lowest BCUT2D eigenvalue weighted by atomic mass is 10.1. The number of nitrogens with one attached hydrogen (secondary N) is 1. The highest BCUT2D eigenvalue weighted by molar-refractivity contribution is 5.07. The molecule has 0 amide bonds. The molecule has 1 aromatic rings. The van der Waals surface area contributed by atoms with Crippen LogP contribution in [-0.4, -0.2) is 27.7 Å². The summed E-state index contributed by atoms with van der Waals surface area (Å²) in [5, 5.41) is 8.43. The fraction of sp³-hybridized carbons (Fsp3) is 0.500. The highest BCUT2D eigenvalue weighted by Crippen LogP contribution is 2.28. The summed E-state index contributed by atoms with van der Waals surface area (Å²) in [5.41, 5.74) is 4.61. The third-order valence-electron chi connectivity index (χ3n) is 1.52. The second-order valence-electron chi connectivity index (χ2n) is 2.38. The Labute approximate surface area is 67.4 Å². The van der Waals surface area contributed by atoms with Gasteiger partial charge in [-0.05, 0) is 0 Å². The van der Waals surface area contributed by atoms with Crippen LogP contribution in [0.4, 0.5) is 8.78 Å². The topological polar surface area (TPSA) is 74.9 Å². The van der Waals surface area contributed by atoms with Crippen molar-refractivity contribution in [2.24, 2.45) is 5.73 Å². The third kappa shape index (κ3) is 1.44. The van der Waals surface area contributed by atoms with E-state index < -0.39 is 18.6 Å². The Morgan fingerprint density at radius 1 is 1.75 bits per heavy atom. The van der Waals surface area contributed by atoms with Crippen molar-refractivity contribution in [1.29, 1.82) is 0 Å². The lowest BCUT2D eigenvalue weighted by molar-refractivity contribution is -0.0498. The van der Waals surface area contributed by atoms with Crippen molar-refractivity contribution in [2.75, 3.05) is 6.61 Å². The molecule has 1 rings (SSSR count). The maximum Gasteiger partial charge on any atom is 0.306 e. The quantitative estimate of drug-likeness (QED) is 0.599. The van der Waals surface area contributed by atoms with Crippen LogP contribution in [-0.2, 0) is 5.92 Å². The molecule has 0 spiro atoms. The summed E-state index contributed by atoms with van der Waals surface area (Å²) in [6.07, 6.45) is 2.11. The SMILES string of the molecule is NC(CO)C(F)(F)c1cnc[nH]1. The fourth-order valence-corrected chi connectivity index (χ4v) is 0.753. The molecule has 4 nitrogen and oxygen atoms in total. The Balaban J connectivity index is 2.85. The molecular weight excluding hydrogens is 168 g/mol. The van der Waals surface area contributed by atoms with E-state index in [2.05, 4.69) is 9.97 Å². The molecule has 1 heterocycles. The van der Waals surface area contributed by atoms with Gasteiger partial charge in [-0.25, -0.2) is 4.98 Å². The zero-order chi connectivity index (χ0) is 9.19. The molecule has 4 N–H and O–H groups in total. The number of aliphatic hydroxyl groups is 1. The number of aromatic amines is 1. The number of nitrogens with zero attached hydrogens (tertiary/aromatic N) is 1. The molecule has 1 aromatic heterocycles. The predicted octanol–water partition coefficient (Wildman–Crippen LogP) is -0.179. The molecule has 0 saturated heterocycles. The van der Waals surface area contributed by atoms with Crippen LogP contribution in [0.2, 0.25) is 0 Å². The second-order valence-corrected chi connectivity index (χ2v) is 2.38. The molecule has 0 radical (unpaired) electrons. The molecular formula is C6H9F2N3O. The number of imidazole rings is 1. The number of alkyl halides is 2. The van der Waals surface area contributed by atoms with E-state index in [4.69, 9.17) is 10.8 Å². The highest BCUT2D eigenvalue weighted by Gasteiger charge is 2.40. The van der Waals surface area contributed by atoms with E-state index in [1.165, 1.54) is 0 Å². The fourth-order valence-electron chi connectivity index (χ4n) is 0.753. The predicted molar refractivity (Wildman–Crippen MR) is 37.5 cm³/mol. The molecule has 0 aliphatic heterocycles. The molecule has 0 aromatic carbocycles. The van der Waals surface area contributed by atoms with Crippen LogP contribution in [0.1, 0.15) is 5.69 Å². The van der Waals surface area contributed by atoms with E-state index in [0.717, 1.165) is 12.5 Å². The Morgan fingerprint density at radius 2 is 2.42 bits per heavy atom. The minimum absolute atomic E-state index is 0.385. The summed E-state index contributed by atoms with van der Waals surface area (Å²) < 4.78 is 26.1. The average Bonchev–Trinajstić information content (AvgIpc) is 2.55. The molecule has 0 bridgehead atoms. The van der Waals surface area contributed by atoms with E-state index in [0.29, 0.717) is 0 Å². The number of H-pyrrole nitrogens is 1. The first kappa shape index (κ1) is 9.08. The number of rotatable bonds is 3. The molecule has 6 heteroatoms. The van der Waals surface area contributed by atoms with Crippen LogP contribution < -0.4 is 5.73 Å². The number of nitrogens with two attached hydrogens (primary N) is 1. The normalized spacial score (nSPS) is 14.7. The van der Waals surface area contributed by atoms with Gasteiger partial charge in [-0.15, -0.1) is 0 Å². The van der Waals surface area contributed by atoms with Gasteiger partial charge in [-0.3, -0.25) is 0 Å². The molecule has 0 saturated carbocycles. The third-order valence-corrected chi connectivity index (χ3v) is 1.52. The van der Waals surface area contributed by atoms with E-state index in [9.17, 15) is 8.78 Å². The molecule has 1 atom stereocenters. The Hall–Kier alpha value is -1.01. The summed E-state index contributed by atoms with van der Waals surface area (Å²) in [4.78, 5) is 5.67. The largest absolute Gasteiger partial charge is 0.395 e. The van der Waals surface area contributed by atoms with Crippen molar-refractivity contribution in [1.82, 2.24) is 9.97 Å². The maximum absolute atomic E-state index is 13.0. The molecule has 0 aliphatic carbocycles. The number of aliphatic hydroxyl groups excluding tert-OH is 1. The van der Waals surface area contributed by atoms with Gasteiger partial charge in [0.25, 0.3) is 0 Å². The zero-order valence-electron chi connectivity index (χ0n) is 6.17. The van der Waals surface area contributed by atoms with E-state index in [1.807, 2.05) is 0 Å². The van der Waals surface area contributed by atoms with Crippen LogP contribution in [0.5, 0.6) is 0 Å².